The zero-order chi connectivity index (χ0) is 17.9. The monoisotopic (exact) mass is 290 g/mol. The van der Waals surface area contributed by atoms with E-state index in [0.717, 1.165) is 0 Å². The van der Waals surface area contributed by atoms with E-state index in [9.17, 15) is 19.2 Å². The molecule has 4 amide bonds. The molecule has 0 aliphatic carbocycles. The van der Waals surface area contributed by atoms with Gasteiger partial charge in [-0.15, -0.1) is 0 Å². The molecule has 0 radical (unpaired) electrons. The van der Waals surface area contributed by atoms with Gasteiger partial charge in [0, 0.05) is 16.2 Å². The van der Waals surface area contributed by atoms with Gasteiger partial charge in [-0.2, -0.15) is 0 Å². The summed E-state index contributed by atoms with van der Waals surface area (Å²) in [4.78, 5) is 49.7. The summed E-state index contributed by atoms with van der Waals surface area (Å²) in [6.07, 6.45) is -0.771. The summed E-state index contributed by atoms with van der Waals surface area (Å²) in [5.41, 5.74) is 3.11. The molecule has 21 heavy (non-hydrogen) atoms. The third-order valence-corrected chi connectivity index (χ3v) is 3.67. The van der Waals surface area contributed by atoms with Crippen molar-refractivity contribution in [3.8, 4) is 0 Å². The summed E-state index contributed by atoms with van der Waals surface area (Å²) >= 11 is 0. The predicted octanol–water partition coefficient (Wildman–Crippen LogP) is 0.0601. The molecular formula is C14H13N3O4. The van der Waals surface area contributed by atoms with Crippen molar-refractivity contribution < 1.29 is 23.3 Å². The van der Waals surface area contributed by atoms with Gasteiger partial charge >= 0.3 is 0 Å². The Labute approximate surface area is 124 Å². The van der Waals surface area contributed by atoms with Crippen LogP contribution in [0.2, 0.25) is 0 Å². The summed E-state index contributed by atoms with van der Waals surface area (Å²) in [6, 6.07) is 4.19. The number of carbonyl (C=O) groups excluding carboxylic acids is 4. The van der Waals surface area contributed by atoms with Gasteiger partial charge in [0.25, 0.3) is 17.7 Å². The number of amides is 4. The molecule has 3 rings (SSSR count). The lowest BCUT2D eigenvalue weighted by Gasteiger charge is -2.38. The smallest absolute Gasteiger partial charge is 0.264 e. The number of piperidine rings is 1. The van der Waals surface area contributed by atoms with Crippen LogP contribution in [0, 0.1) is 0 Å². The molecule has 7 heteroatoms. The van der Waals surface area contributed by atoms with E-state index in [1.165, 1.54) is 18.2 Å². The molecule has 0 aromatic heterocycles. The van der Waals surface area contributed by atoms with E-state index >= 15 is 0 Å². The number of anilines is 1. The van der Waals surface area contributed by atoms with Gasteiger partial charge in [0.2, 0.25) is 5.91 Å². The Morgan fingerprint density at radius 2 is 2.05 bits per heavy atom. The minimum absolute atomic E-state index is 0.0151. The first-order chi connectivity index (χ1) is 11.1. The molecule has 1 fully saturated rings. The van der Waals surface area contributed by atoms with Crippen molar-refractivity contribution in [3.63, 3.8) is 0 Å². The lowest BCUT2D eigenvalue weighted by molar-refractivity contribution is -0.140. The van der Waals surface area contributed by atoms with E-state index < -0.39 is 42.4 Å². The van der Waals surface area contributed by atoms with E-state index in [2.05, 4.69) is 0 Å². The molecule has 2 aliphatic rings. The highest BCUT2D eigenvalue weighted by Gasteiger charge is 2.53. The fourth-order valence-corrected chi connectivity index (χ4v) is 2.57. The first-order valence-corrected chi connectivity index (χ1v) is 6.23. The predicted molar refractivity (Wildman–Crippen MR) is 72.1 cm³/mol. The quantitative estimate of drug-likeness (QED) is 0.561. The van der Waals surface area contributed by atoms with E-state index in [-0.39, 0.29) is 23.2 Å². The first-order valence-electron chi connectivity index (χ1n) is 7.73. The number of benzene rings is 1. The van der Waals surface area contributed by atoms with Gasteiger partial charge in [-0.3, -0.25) is 29.4 Å². The highest BCUT2D eigenvalue weighted by molar-refractivity contribution is 6.26. The van der Waals surface area contributed by atoms with Gasteiger partial charge < -0.3 is 5.73 Å². The molecule has 1 aromatic carbocycles. The van der Waals surface area contributed by atoms with Crippen LogP contribution in [-0.4, -0.2) is 34.1 Å². The number of hydrogen-bond acceptors (Lipinski definition) is 5. The normalized spacial score (nSPS) is 27.8. The molecule has 2 heterocycles. The van der Waals surface area contributed by atoms with Gasteiger partial charge in [0.1, 0.15) is 5.54 Å². The summed E-state index contributed by atoms with van der Waals surface area (Å²) in [5.74, 6) is -3.71. The van der Waals surface area contributed by atoms with Crippen LogP contribution >= 0.6 is 0 Å². The second-order valence-corrected chi connectivity index (χ2v) is 4.95. The third kappa shape index (κ3) is 1.67. The Morgan fingerprint density at radius 3 is 2.67 bits per heavy atom. The number of rotatable bonds is 1. The number of nitrogen functional groups attached to an aromatic ring is 1. The van der Waals surface area contributed by atoms with E-state index in [0.29, 0.717) is 4.90 Å². The number of imide groups is 2. The summed E-state index contributed by atoms with van der Waals surface area (Å²) in [5, 5.41) is 1.92. The summed E-state index contributed by atoms with van der Waals surface area (Å²) in [7, 11) is 0. The maximum Gasteiger partial charge on any atom is 0.264 e. The van der Waals surface area contributed by atoms with Crippen molar-refractivity contribution in [2.45, 2.75) is 25.2 Å². The largest absolute Gasteiger partial charge is 0.398 e. The fourth-order valence-electron chi connectivity index (χ4n) is 2.57. The van der Waals surface area contributed by atoms with Crippen LogP contribution in [0.15, 0.2) is 18.2 Å². The average Bonchev–Trinajstić information content (AvgIpc) is 2.72. The summed E-state index contributed by atoms with van der Waals surface area (Å²) < 4.78 is 23.3. The Morgan fingerprint density at radius 1 is 1.29 bits per heavy atom. The second kappa shape index (κ2) is 4.15. The van der Waals surface area contributed by atoms with Gasteiger partial charge in [-0.05, 0) is 25.4 Å². The SMILES string of the molecule is [2H]C([2H])([2H])[C@]1(N2C(=O)c3cccc(N)c3C2=O)CCC(=O)NC1=O. The van der Waals surface area contributed by atoms with Crippen LogP contribution in [-0.2, 0) is 9.59 Å². The van der Waals surface area contributed by atoms with Crippen LogP contribution in [0.3, 0.4) is 0 Å². The minimum atomic E-state index is -3.01. The van der Waals surface area contributed by atoms with Gasteiger partial charge in [-0.25, -0.2) is 0 Å². The Kier molecular flexibility index (Phi) is 1.99. The van der Waals surface area contributed by atoms with Crippen molar-refractivity contribution in [3.05, 3.63) is 29.3 Å². The molecule has 7 nitrogen and oxygen atoms in total. The topological polar surface area (TPSA) is 110 Å². The number of nitrogens with two attached hydrogens (primary N) is 1. The number of fused-ring (bicyclic) bond motifs is 1. The third-order valence-electron chi connectivity index (χ3n) is 3.67. The van der Waals surface area contributed by atoms with Crippen LogP contribution in [0.1, 0.15) is 44.5 Å². The molecule has 0 spiro atoms. The zero-order valence-electron chi connectivity index (χ0n) is 13.8. The average molecular weight is 290 g/mol. The molecule has 108 valence electrons. The molecule has 0 bridgehead atoms. The lowest BCUT2D eigenvalue weighted by Crippen LogP contribution is -2.62. The van der Waals surface area contributed by atoms with Gasteiger partial charge in [0.15, 0.2) is 0 Å². The second-order valence-electron chi connectivity index (χ2n) is 4.95. The van der Waals surface area contributed by atoms with Crippen LogP contribution in [0.25, 0.3) is 0 Å². The van der Waals surface area contributed by atoms with Crippen molar-refractivity contribution in [2.75, 3.05) is 5.73 Å². The van der Waals surface area contributed by atoms with Crippen LogP contribution < -0.4 is 11.1 Å². The highest BCUT2D eigenvalue weighted by Crippen LogP contribution is 2.35. The summed E-state index contributed by atoms with van der Waals surface area (Å²) in [6.45, 7) is -3.01. The van der Waals surface area contributed by atoms with Crippen molar-refractivity contribution in [2.24, 2.45) is 0 Å². The Bertz CT molecular complexity index is 805. The minimum Gasteiger partial charge on any atom is -0.398 e. The van der Waals surface area contributed by atoms with Crippen LogP contribution in [0.4, 0.5) is 5.69 Å². The zero-order valence-corrected chi connectivity index (χ0v) is 10.8. The van der Waals surface area contributed by atoms with E-state index in [1.807, 2.05) is 5.32 Å². The van der Waals surface area contributed by atoms with Crippen LogP contribution in [0.5, 0.6) is 0 Å². The van der Waals surface area contributed by atoms with Crippen molar-refractivity contribution in [1.82, 2.24) is 10.2 Å². The standard InChI is InChI=1S/C14H13N3O4/c1-14(6-5-9(18)16-13(14)21)17-11(19)7-3-2-4-8(15)10(7)12(17)20/h2-4H,5-6,15H2,1H3,(H,16,18,21)/t14-/m0/s1/i1D3. The van der Waals surface area contributed by atoms with E-state index in [1.54, 1.807) is 0 Å². The number of carbonyl (C=O) groups is 4. The van der Waals surface area contributed by atoms with Gasteiger partial charge in [0.05, 0.1) is 11.1 Å². The Hall–Kier alpha value is -2.70. The molecule has 2 aliphatic heterocycles. The molecule has 1 aromatic rings. The number of hydrogen-bond donors (Lipinski definition) is 2. The molecule has 1 atom stereocenters. The maximum atomic E-state index is 12.7. The maximum absolute atomic E-state index is 12.7. The molecular weight excluding hydrogens is 274 g/mol. The number of nitrogens with one attached hydrogen (secondary N) is 1. The fraction of sp³-hybridized carbons (Fsp3) is 0.286. The van der Waals surface area contributed by atoms with E-state index in [4.69, 9.17) is 9.85 Å². The van der Waals surface area contributed by atoms with Crippen molar-refractivity contribution >= 4 is 29.3 Å². The first kappa shape index (κ1) is 10.1. The molecule has 0 saturated carbocycles. The highest BCUT2D eigenvalue weighted by atomic mass is 16.2. The van der Waals surface area contributed by atoms with Crippen molar-refractivity contribution in [1.29, 1.82) is 0 Å². The van der Waals surface area contributed by atoms with Gasteiger partial charge in [-0.1, -0.05) is 6.07 Å². The molecule has 1 saturated heterocycles. The number of nitrogens with zero attached hydrogens (tertiary/aromatic N) is 1. The Balaban J connectivity index is 2.20. The lowest BCUT2D eigenvalue weighted by atomic mass is 9.89. The molecule has 3 N–H and O–H groups in total. The molecule has 0 unspecified atom stereocenters.